The fraction of sp³-hybridized carbons (Fsp3) is 0.556. The summed E-state index contributed by atoms with van der Waals surface area (Å²) >= 11 is 0. The Balaban J connectivity index is 2.14. The van der Waals surface area contributed by atoms with Gasteiger partial charge in [-0.3, -0.25) is 19.7 Å². The van der Waals surface area contributed by atoms with Gasteiger partial charge in [-0.2, -0.15) is 0 Å². The number of rotatable bonds is 7. The summed E-state index contributed by atoms with van der Waals surface area (Å²) in [6.45, 7) is 5.99. The fourth-order valence-corrected chi connectivity index (χ4v) is 3.48. The monoisotopic (exact) mass is 363 g/mol. The van der Waals surface area contributed by atoms with E-state index in [1.165, 1.54) is 6.07 Å². The number of anilines is 1. The molecule has 0 aliphatic carbocycles. The molecule has 8 nitrogen and oxygen atoms in total. The Kier molecular flexibility index (Phi) is 6.54. The highest BCUT2D eigenvalue weighted by Crippen LogP contribution is 2.33. The molecule has 26 heavy (non-hydrogen) atoms. The van der Waals surface area contributed by atoms with Crippen LogP contribution in [0.2, 0.25) is 0 Å². The van der Waals surface area contributed by atoms with Crippen LogP contribution in [0.1, 0.15) is 43.5 Å². The molecule has 1 saturated heterocycles. The second-order valence-corrected chi connectivity index (χ2v) is 7.06. The van der Waals surface area contributed by atoms with Gasteiger partial charge < -0.3 is 15.3 Å². The van der Waals surface area contributed by atoms with Gasteiger partial charge in [0, 0.05) is 37.7 Å². The Hall–Kier alpha value is -2.64. The molecule has 0 bridgehead atoms. The van der Waals surface area contributed by atoms with Crippen LogP contribution in [0.3, 0.4) is 0 Å². The van der Waals surface area contributed by atoms with E-state index in [-0.39, 0.29) is 24.2 Å². The van der Waals surface area contributed by atoms with Crippen LogP contribution in [0.4, 0.5) is 11.4 Å². The molecular weight excluding hydrogens is 338 g/mol. The number of aliphatic carboxylic acids is 1. The average molecular weight is 363 g/mol. The number of carbonyl (C=O) groups excluding carboxylic acids is 1. The molecule has 0 aromatic heterocycles. The molecule has 2 N–H and O–H groups in total. The first kappa shape index (κ1) is 19.7. The summed E-state index contributed by atoms with van der Waals surface area (Å²) in [5, 5.41) is 22.7. The van der Waals surface area contributed by atoms with Crippen molar-refractivity contribution in [2.24, 2.45) is 11.8 Å². The van der Waals surface area contributed by atoms with E-state index in [0.29, 0.717) is 23.9 Å². The largest absolute Gasteiger partial charge is 0.481 e. The molecule has 0 spiro atoms. The maximum Gasteiger partial charge on any atom is 0.303 e. The topological polar surface area (TPSA) is 113 Å². The number of nitro groups is 1. The van der Waals surface area contributed by atoms with Gasteiger partial charge in [-0.1, -0.05) is 13.8 Å². The van der Waals surface area contributed by atoms with Gasteiger partial charge in [-0.25, -0.2) is 0 Å². The summed E-state index contributed by atoms with van der Waals surface area (Å²) in [4.78, 5) is 35.7. The SMILES string of the molecule is CC1CC(C)CN(c2ccc(C(=O)NCCCC(=O)O)cc2[N+](=O)[O-])C1. The number of benzene rings is 1. The third kappa shape index (κ3) is 5.18. The van der Waals surface area contributed by atoms with E-state index in [9.17, 15) is 19.7 Å². The minimum absolute atomic E-state index is 0.0370. The Morgan fingerprint density at radius 2 is 1.96 bits per heavy atom. The van der Waals surface area contributed by atoms with Crippen LogP contribution in [-0.2, 0) is 4.79 Å². The molecule has 1 aromatic carbocycles. The minimum atomic E-state index is -0.927. The first-order valence-electron chi connectivity index (χ1n) is 8.81. The second-order valence-electron chi connectivity index (χ2n) is 7.06. The lowest BCUT2D eigenvalue weighted by Crippen LogP contribution is -2.39. The predicted octanol–water partition coefficient (Wildman–Crippen LogP) is 2.67. The van der Waals surface area contributed by atoms with Crippen molar-refractivity contribution >= 4 is 23.3 Å². The van der Waals surface area contributed by atoms with Crippen LogP contribution in [0.25, 0.3) is 0 Å². The van der Waals surface area contributed by atoms with Crippen LogP contribution in [0.15, 0.2) is 18.2 Å². The van der Waals surface area contributed by atoms with Crippen molar-refractivity contribution in [1.29, 1.82) is 0 Å². The van der Waals surface area contributed by atoms with E-state index >= 15 is 0 Å². The zero-order chi connectivity index (χ0) is 19.3. The van der Waals surface area contributed by atoms with Crippen LogP contribution >= 0.6 is 0 Å². The maximum atomic E-state index is 12.2. The number of carboxylic acids is 1. The number of amides is 1. The number of nitrogens with one attached hydrogen (secondary N) is 1. The molecule has 2 atom stereocenters. The Bertz CT molecular complexity index is 681. The summed E-state index contributed by atoms with van der Waals surface area (Å²) in [7, 11) is 0. The average Bonchev–Trinajstić information content (AvgIpc) is 2.56. The second kappa shape index (κ2) is 8.64. The highest BCUT2D eigenvalue weighted by Gasteiger charge is 2.27. The zero-order valence-electron chi connectivity index (χ0n) is 15.1. The first-order valence-corrected chi connectivity index (χ1v) is 8.81. The number of piperidine rings is 1. The van der Waals surface area contributed by atoms with Crippen LogP contribution < -0.4 is 10.2 Å². The van der Waals surface area contributed by atoms with Crippen molar-refractivity contribution in [3.05, 3.63) is 33.9 Å². The predicted molar refractivity (Wildman–Crippen MR) is 97.5 cm³/mol. The molecule has 1 aliphatic heterocycles. The summed E-state index contributed by atoms with van der Waals surface area (Å²) in [5.74, 6) is -0.458. The van der Waals surface area contributed by atoms with Crippen molar-refractivity contribution in [3.63, 3.8) is 0 Å². The molecule has 2 rings (SSSR count). The molecule has 1 aliphatic rings. The van der Waals surface area contributed by atoms with Gasteiger partial charge in [0.25, 0.3) is 11.6 Å². The van der Waals surface area contributed by atoms with E-state index in [0.717, 1.165) is 19.5 Å². The highest BCUT2D eigenvalue weighted by atomic mass is 16.6. The molecule has 8 heteroatoms. The van der Waals surface area contributed by atoms with Crippen molar-refractivity contribution < 1.29 is 19.6 Å². The fourth-order valence-electron chi connectivity index (χ4n) is 3.48. The third-order valence-electron chi connectivity index (χ3n) is 4.50. The molecule has 0 saturated carbocycles. The number of nitrogens with zero attached hydrogens (tertiary/aromatic N) is 2. The molecule has 0 radical (unpaired) electrons. The standard InChI is InChI=1S/C18H25N3O5/c1-12-8-13(2)11-20(10-12)15-6-5-14(9-16(15)21(25)26)18(24)19-7-3-4-17(22)23/h5-6,9,12-13H,3-4,7-8,10-11H2,1-2H3,(H,19,24)(H,22,23). The summed E-state index contributed by atoms with van der Waals surface area (Å²) in [6.07, 6.45) is 1.37. The number of nitro benzene ring substituents is 1. The van der Waals surface area contributed by atoms with Gasteiger partial charge in [-0.05, 0) is 36.8 Å². The third-order valence-corrected chi connectivity index (χ3v) is 4.50. The Labute approximate surface area is 152 Å². The van der Waals surface area contributed by atoms with E-state index < -0.39 is 16.8 Å². The van der Waals surface area contributed by atoms with Gasteiger partial charge in [0.05, 0.1) is 4.92 Å². The van der Waals surface area contributed by atoms with Crippen molar-refractivity contribution in [1.82, 2.24) is 5.32 Å². The molecular formula is C18H25N3O5. The highest BCUT2D eigenvalue weighted by molar-refractivity contribution is 5.95. The van der Waals surface area contributed by atoms with Crippen LogP contribution in [-0.4, -0.2) is 41.5 Å². The van der Waals surface area contributed by atoms with Gasteiger partial charge in [0.15, 0.2) is 0 Å². The normalized spacial score (nSPS) is 19.8. The van der Waals surface area contributed by atoms with Gasteiger partial charge >= 0.3 is 5.97 Å². The van der Waals surface area contributed by atoms with Crippen LogP contribution in [0, 0.1) is 22.0 Å². The summed E-state index contributed by atoms with van der Waals surface area (Å²) < 4.78 is 0. The lowest BCUT2D eigenvalue weighted by atomic mass is 9.91. The lowest BCUT2D eigenvalue weighted by Gasteiger charge is -2.36. The molecule has 1 fully saturated rings. The Morgan fingerprint density at radius 1 is 1.31 bits per heavy atom. The molecule has 1 aromatic rings. The van der Waals surface area contributed by atoms with Crippen molar-refractivity contribution in [2.45, 2.75) is 33.1 Å². The zero-order valence-corrected chi connectivity index (χ0v) is 15.1. The van der Waals surface area contributed by atoms with E-state index in [1.54, 1.807) is 12.1 Å². The van der Waals surface area contributed by atoms with E-state index in [1.807, 2.05) is 4.90 Å². The van der Waals surface area contributed by atoms with Gasteiger partial charge in [-0.15, -0.1) is 0 Å². The van der Waals surface area contributed by atoms with Gasteiger partial charge in [0.1, 0.15) is 5.69 Å². The quantitative estimate of drug-likeness (QED) is 0.437. The molecule has 1 amide bonds. The van der Waals surface area contributed by atoms with Gasteiger partial charge in [0.2, 0.25) is 0 Å². The number of carboxylic acid groups (broad SMARTS) is 1. The number of hydrogen-bond acceptors (Lipinski definition) is 5. The molecule has 1 heterocycles. The smallest absolute Gasteiger partial charge is 0.303 e. The summed E-state index contributed by atoms with van der Waals surface area (Å²) in [5.41, 5.74) is 0.661. The Morgan fingerprint density at radius 3 is 2.54 bits per heavy atom. The maximum absolute atomic E-state index is 12.2. The number of hydrogen-bond donors (Lipinski definition) is 2. The van der Waals surface area contributed by atoms with Crippen LogP contribution in [0.5, 0.6) is 0 Å². The van der Waals surface area contributed by atoms with E-state index in [4.69, 9.17) is 5.11 Å². The number of carbonyl (C=O) groups is 2. The minimum Gasteiger partial charge on any atom is -0.481 e. The first-order chi connectivity index (χ1) is 12.3. The van der Waals surface area contributed by atoms with E-state index in [2.05, 4.69) is 19.2 Å². The lowest BCUT2D eigenvalue weighted by molar-refractivity contribution is -0.384. The molecule has 2 unspecified atom stereocenters. The van der Waals surface area contributed by atoms with Crippen molar-refractivity contribution in [3.8, 4) is 0 Å². The molecule has 142 valence electrons. The van der Waals surface area contributed by atoms with Crippen molar-refractivity contribution in [2.75, 3.05) is 24.5 Å². The summed E-state index contributed by atoms with van der Waals surface area (Å²) in [6, 6.07) is 4.51.